The summed E-state index contributed by atoms with van der Waals surface area (Å²) < 4.78 is 6.50. The molecule has 0 saturated carbocycles. The van der Waals surface area contributed by atoms with Crippen molar-refractivity contribution in [2.75, 3.05) is 6.54 Å². The first kappa shape index (κ1) is 14.1. The Kier molecular flexibility index (Phi) is 4.31. The summed E-state index contributed by atoms with van der Waals surface area (Å²) in [4.78, 5) is 4.08. The van der Waals surface area contributed by atoms with Gasteiger partial charge in [-0.3, -0.25) is 4.98 Å². The monoisotopic (exact) mass is 324 g/mol. The van der Waals surface area contributed by atoms with Crippen LogP contribution in [-0.2, 0) is 6.42 Å². The predicted octanol–water partition coefficient (Wildman–Crippen LogP) is 2.82. The maximum absolute atomic E-state index is 5.62. The van der Waals surface area contributed by atoms with E-state index < -0.39 is 0 Å². The Labute approximate surface area is 121 Å². The minimum absolute atomic E-state index is 0.0943. The van der Waals surface area contributed by atoms with E-state index in [1.54, 1.807) is 12.4 Å². The van der Waals surface area contributed by atoms with Crippen LogP contribution in [0.3, 0.4) is 0 Å². The number of nitrogens with zero attached hydrogens (tertiary/aromatic N) is 3. The second-order valence-corrected chi connectivity index (χ2v) is 6.24. The average molecular weight is 325 g/mol. The quantitative estimate of drug-likeness (QED) is 0.936. The summed E-state index contributed by atoms with van der Waals surface area (Å²) in [5, 5.41) is 11.5. The summed E-state index contributed by atoms with van der Waals surface area (Å²) in [5.74, 6) is 1.13. The molecule has 0 aliphatic rings. The van der Waals surface area contributed by atoms with Crippen molar-refractivity contribution in [2.45, 2.75) is 32.7 Å². The van der Waals surface area contributed by atoms with Gasteiger partial charge in [-0.25, -0.2) is 0 Å². The molecular weight excluding hydrogens is 308 g/mol. The second-order valence-electron chi connectivity index (χ2n) is 5.32. The number of nitrogens with one attached hydrogen (secondary N) is 1. The molecule has 19 heavy (non-hydrogen) atoms. The Hall–Kier alpha value is -1.27. The summed E-state index contributed by atoms with van der Waals surface area (Å²) in [7, 11) is 0. The first-order chi connectivity index (χ1) is 8.94. The molecule has 0 spiro atoms. The van der Waals surface area contributed by atoms with Crippen LogP contribution >= 0.6 is 15.9 Å². The summed E-state index contributed by atoms with van der Waals surface area (Å²) in [6.45, 7) is 7.18. The molecule has 2 aromatic rings. The van der Waals surface area contributed by atoms with Gasteiger partial charge in [0.05, 0.1) is 5.56 Å². The van der Waals surface area contributed by atoms with E-state index in [-0.39, 0.29) is 5.54 Å². The third kappa shape index (κ3) is 4.40. The fourth-order valence-corrected chi connectivity index (χ4v) is 1.91. The molecule has 0 saturated heterocycles. The van der Waals surface area contributed by atoms with Crippen molar-refractivity contribution in [1.29, 1.82) is 0 Å². The molecule has 0 aliphatic heterocycles. The minimum atomic E-state index is 0.0943. The van der Waals surface area contributed by atoms with Gasteiger partial charge in [0.1, 0.15) is 0 Å². The van der Waals surface area contributed by atoms with Crippen molar-refractivity contribution in [1.82, 2.24) is 20.5 Å². The van der Waals surface area contributed by atoms with Crippen LogP contribution < -0.4 is 5.32 Å². The van der Waals surface area contributed by atoms with Crippen molar-refractivity contribution >= 4 is 15.9 Å². The molecule has 0 aliphatic carbocycles. The molecule has 1 N–H and O–H groups in total. The number of aromatic nitrogens is 3. The largest absolute Gasteiger partial charge is 0.421 e. The first-order valence-corrected chi connectivity index (χ1v) is 6.92. The third-order valence-electron chi connectivity index (χ3n) is 2.41. The van der Waals surface area contributed by atoms with Gasteiger partial charge in [-0.05, 0) is 42.8 Å². The van der Waals surface area contributed by atoms with E-state index in [2.05, 4.69) is 57.2 Å². The summed E-state index contributed by atoms with van der Waals surface area (Å²) in [6.07, 6.45) is 4.13. The molecular formula is C13H17BrN4O. The smallest absolute Gasteiger partial charge is 0.249 e. The molecule has 0 fully saturated rings. The third-order valence-corrected chi connectivity index (χ3v) is 2.85. The highest BCUT2D eigenvalue weighted by molar-refractivity contribution is 9.10. The fourth-order valence-electron chi connectivity index (χ4n) is 1.54. The highest BCUT2D eigenvalue weighted by atomic mass is 79.9. The van der Waals surface area contributed by atoms with Crippen LogP contribution in [0.2, 0.25) is 0 Å². The number of pyridine rings is 1. The van der Waals surface area contributed by atoms with Gasteiger partial charge in [-0.2, -0.15) is 0 Å². The standard InChI is InChI=1S/C13H17BrN4O/c1-13(2,3)16-5-4-11-17-18-12(19-11)9-6-10(14)8-15-7-9/h6-8,16H,4-5H2,1-3H3. The molecule has 2 aromatic heterocycles. The molecule has 2 heterocycles. The maximum Gasteiger partial charge on any atom is 0.249 e. The van der Waals surface area contributed by atoms with Crippen LogP contribution in [0.4, 0.5) is 0 Å². The highest BCUT2D eigenvalue weighted by Gasteiger charge is 2.11. The van der Waals surface area contributed by atoms with E-state index in [4.69, 9.17) is 4.42 Å². The molecule has 0 radical (unpaired) electrons. The summed E-state index contributed by atoms with van der Waals surface area (Å²) in [6, 6.07) is 1.90. The maximum atomic E-state index is 5.62. The molecule has 2 rings (SSSR count). The van der Waals surface area contributed by atoms with E-state index in [1.807, 2.05) is 6.07 Å². The summed E-state index contributed by atoms with van der Waals surface area (Å²) >= 11 is 3.37. The van der Waals surface area contributed by atoms with E-state index in [1.165, 1.54) is 0 Å². The number of halogens is 1. The Morgan fingerprint density at radius 2 is 2.05 bits per heavy atom. The van der Waals surface area contributed by atoms with Crippen LogP contribution in [-0.4, -0.2) is 27.3 Å². The van der Waals surface area contributed by atoms with Gasteiger partial charge < -0.3 is 9.73 Å². The minimum Gasteiger partial charge on any atom is -0.421 e. The van der Waals surface area contributed by atoms with Gasteiger partial charge >= 0.3 is 0 Å². The SMILES string of the molecule is CC(C)(C)NCCc1nnc(-c2cncc(Br)c2)o1. The lowest BCUT2D eigenvalue weighted by molar-refractivity contribution is 0.412. The highest BCUT2D eigenvalue weighted by Crippen LogP contribution is 2.20. The van der Waals surface area contributed by atoms with Gasteiger partial charge in [0.2, 0.25) is 11.8 Å². The molecule has 0 amide bonds. The zero-order valence-electron chi connectivity index (χ0n) is 11.3. The van der Waals surface area contributed by atoms with E-state index in [9.17, 15) is 0 Å². The van der Waals surface area contributed by atoms with Crippen LogP contribution in [0.25, 0.3) is 11.5 Å². The van der Waals surface area contributed by atoms with Gasteiger partial charge in [0.15, 0.2) is 0 Å². The molecule has 0 aromatic carbocycles. The van der Waals surface area contributed by atoms with Gasteiger partial charge in [-0.1, -0.05) is 0 Å². The normalized spacial score (nSPS) is 11.8. The lowest BCUT2D eigenvalue weighted by atomic mass is 10.1. The molecule has 0 unspecified atom stereocenters. The molecule has 6 heteroatoms. The summed E-state index contributed by atoms with van der Waals surface area (Å²) in [5.41, 5.74) is 0.911. The van der Waals surface area contributed by atoms with Crippen LogP contribution in [0, 0.1) is 0 Å². The van der Waals surface area contributed by atoms with Crippen LogP contribution in [0.1, 0.15) is 26.7 Å². The number of hydrogen-bond donors (Lipinski definition) is 1. The Morgan fingerprint density at radius 1 is 1.26 bits per heavy atom. The molecule has 0 atom stereocenters. The Balaban J connectivity index is 1.99. The molecule has 102 valence electrons. The number of rotatable bonds is 4. The number of hydrogen-bond acceptors (Lipinski definition) is 5. The predicted molar refractivity (Wildman–Crippen MR) is 76.7 cm³/mol. The van der Waals surface area contributed by atoms with Crippen molar-refractivity contribution in [3.8, 4) is 11.5 Å². The van der Waals surface area contributed by atoms with Gasteiger partial charge in [0.25, 0.3) is 0 Å². The zero-order chi connectivity index (χ0) is 13.9. The van der Waals surface area contributed by atoms with E-state index in [0.717, 1.165) is 16.6 Å². The van der Waals surface area contributed by atoms with E-state index >= 15 is 0 Å². The lowest BCUT2D eigenvalue weighted by Gasteiger charge is -2.19. The van der Waals surface area contributed by atoms with Crippen molar-refractivity contribution < 1.29 is 4.42 Å². The topological polar surface area (TPSA) is 63.8 Å². The van der Waals surface area contributed by atoms with Crippen molar-refractivity contribution in [3.05, 3.63) is 28.8 Å². The Bertz CT molecular complexity index is 548. The average Bonchev–Trinajstić information content (AvgIpc) is 2.76. The van der Waals surface area contributed by atoms with Gasteiger partial charge in [-0.15, -0.1) is 10.2 Å². The molecule has 5 nitrogen and oxygen atoms in total. The molecule has 0 bridgehead atoms. The fraction of sp³-hybridized carbons (Fsp3) is 0.462. The van der Waals surface area contributed by atoms with Crippen LogP contribution in [0.15, 0.2) is 27.3 Å². The second kappa shape index (κ2) is 5.79. The van der Waals surface area contributed by atoms with Crippen molar-refractivity contribution in [3.63, 3.8) is 0 Å². The van der Waals surface area contributed by atoms with Gasteiger partial charge in [0, 0.05) is 35.4 Å². The lowest BCUT2D eigenvalue weighted by Crippen LogP contribution is -2.37. The zero-order valence-corrected chi connectivity index (χ0v) is 12.9. The first-order valence-electron chi connectivity index (χ1n) is 6.12. The van der Waals surface area contributed by atoms with Crippen LogP contribution in [0.5, 0.6) is 0 Å². The van der Waals surface area contributed by atoms with E-state index in [0.29, 0.717) is 18.2 Å². The van der Waals surface area contributed by atoms with Crippen molar-refractivity contribution in [2.24, 2.45) is 0 Å². The Morgan fingerprint density at radius 3 is 2.74 bits per heavy atom.